The van der Waals surface area contributed by atoms with E-state index in [2.05, 4.69) is 0 Å². The minimum Gasteiger partial charge on any atom is -0.392 e. The Morgan fingerprint density at radius 1 is 1.12 bits per heavy atom. The highest BCUT2D eigenvalue weighted by atomic mass is 19.1. The van der Waals surface area contributed by atoms with Crippen LogP contribution in [0.5, 0.6) is 0 Å². The number of hydrogen-bond acceptors (Lipinski definition) is 2. The van der Waals surface area contributed by atoms with Gasteiger partial charge in [-0.1, -0.05) is 12.1 Å². The molecule has 3 rings (SSSR count). The molecule has 2 aliphatic rings. The zero-order valence-corrected chi connectivity index (χ0v) is 9.68. The van der Waals surface area contributed by atoms with Gasteiger partial charge in [0.2, 0.25) is 0 Å². The summed E-state index contributed by atoms with van der Waals surface area (Å²) in [5.41, 5.74) is 1.04. The fourth-order valence-electron chi connectivity index (χ4n) is 3.31. The van der Waals surface area contributed by atoms with Gasteiger partial charge in [-0.2, -0.15) is 0 Å². The van der Waals surface area contributed by atoms with Crippen LogP contribution in [-0.4, -0.2) is 24.4 Å². The highest BCUT2D eigenvalue weighted by molar-refractivity contribution is 5.24. The number of aliphatic hydroxyl groups excluding tert-OH is 1. The molecule has 0 radical (unpaired) electrons. The molecule has 0 bridgehead atoms. The summed E-state index contributed by atoms with van der Waals surface area (Å²) in [6.45, 7) is 1.54. The quantitative estimate of drug-likeness (QED) is 0.811. The molecule has 1 unspecified atom stereocenters. The largest absolute Gasteiger partial charge is 0.392 e. The first-order valence-electron chi connectivity index (χ1n) is 6.27. The van der Waals surface area contributed by atoms with E-state index in [4.69, 9.17) is 4.74 Å². The Morgan fingerprint density at radius 3 is 2.65 bits per heavy atom. The molecule has 17 heavy (non-hydrogen) atoms. The first-order valence-corrected chi connectivity index (χ1v) is 6.27. The Kier molecular flexibility index (Phi) is 2.89. The monoisotopic (exact) mass is 236 g/mol. The van der Waals surface area contributed by atoms with Crippen molar-refractivity contribution in [3.63, 3.8) is 0 Å². The number of halogens is 1. The van der Waals surface area contributed by atoms with Crippen LogP contribution < -0.4 is 0 Å². The minimum atomic E-state index is -0.316. The summed E-state index contributed by atoms with van der Waals surface area (Å²) in [4.78, 5) is 0. The van der Waals surface area contributed by atoms with Crippen LogP contribution in [0.3, 0.4) is 0 Å². The third kappa shape index (κ3) is 1.98. The second-order valence-electron chi connectivity index (χ2n) is 5.18. The van der Waals surface area contributed by atoms with E-state index in [1.807, 2.05) is 0 Å². The van der Waals surface area contributed by atoms with Crippen molar-refractivity contribution >= 4 is 0 Å². The molecule has 1 aliphatic heterocycles. The topological polar surface area (TPSA) is 29.5 Å². The molecule has 0 spiro atoms. The highest BCUT2D eigenvalue weighted by Crippen LogP contribution is 2.44. The van der Waals surface area contributed by atoms with E-state index < -0.39 is 0 Å². The van der Waals surface area contributed by atoms with Gasteiger partial charge in [0, 0.05) is 12.5 Å². The van der Waals surface area contributed by atoms with Crippen LogP contribution in [0.1, 0.15) is 24.3 Å². The number of hydrogen-bond donors (Lipinski definition) is 1. The number of aliphatic hydroxyl groups is 1. The summed E-state index contributed by atoms with van der Waals surface area (Å²) in [7, 11) is 0. The summed E-state index contributed by atoms with van der Waals surface area (Å²) in [5, 5.41) is 10.2. The number of benzene rings is 1. The van der Waals surface area contributed by atoms with Crippen molar-refractivity contribution in [1.82, 2.24) is 0 Å². The Morgan fingerprint density at radius 2 is 1.88 bits per heavy atom. The van der Waals surface area contributed by atoms with E-state index in [0.29, 0.717) is 11.8 Å². The van der Waals surface area contributed by atoms with Crippen molar-refractivity contribution in [2.45, 2.75) is 24.9 Å². The Bertz CT molecular complexity index is 390. The van der Waals surface area contributed by atoms with Crippen molar-refractivity contribution in [2.75, 3.05) is 13.2 Å². The van der Waals surface area contributed by atoms with Crippen LogP contribution in [0.4, 0.5) is 4.39 Å². The molecular formula is C14H17FO2. The fourth-order valence-corrected chi connectivity index (χ4v) is 3.31. The van der Waals surface area contributed by atoms with Gasteiger partial charge in [0.15, 0.2) is 0 Å². The normalized spacial score (nSPS) is 36.8. The van der Waals surface area contributed by atoms with Gasteiger partial charge < -0.3 is 9.84 Å². The molecule has 1 heterocycles. The molecule has 4 atom stereocenters. The number of ether oxygens (including phenoxy) is 1. The second-order valence-corrected chi connectivity index (χ2v) is 5.18. The minimum absolute atomic E-state index is 0.108. The predicted octanol–water partition coefficient (Wildman–Crippen LogP) is 2.33. The van der Waals surface area contributed by atoms with Crippen molar-refractivity contribution in [1.29, 1.82) is 0 Å². The van der Waals surface area contributed by atoms with Gasteiger partial charge in [-0.05, 0) is 42.4 Å². The first kappa shape index (κ1) is 11.2. The third-order valence-electron chi connectivity index (χ3n) is 4.21. The smallest absolute Gasteiger partial charge is 0.123 e. The van der Waals surface area contributed by atoms with Gasteiger partial charge in [0.25, 0.3) is 0 Å². The standard InChI is InChI=1S/C14H17FO2/c15-11-4-1-9(2-5-11)14-12-8-17-7-10(12)3-6-13(14)16/h1-2,4-5,10,12-14,16H,3,6-8H2/t10-,12?,13+,14+/m1/s1. The summed E-state index contributed by atoms with van der Waals surface area (Å²) in [6, 6.07) is 6.54. The van der Waals surface area contributed by atoms with Crippen molar-refractivity contribution < 1.29 is 14.2 Å². The highest BCUT2D eigenvalue weighted by Gasteiger charge is 2.42. The SMILES string of the molecule is O[C@H]1CC[C@@H]2COCC2[C@@H]1c1ccc(F)cc1. The molecular weight excluding hydrogens is 219 g/mol. The van der Waals surface area contributed by atoms with Crippen LogP contribution in [0, 0.1) is 17.7 Å². The van der Waals surface area contributed by atoms with Crippen molar-refractivity contribution in [3.05, 3.63) is 35.6 Å². The molecule has 92 valence electrons. The van der Waals surface area contributed by atoms with E-state index in [0.717, 1.165) is 31.6 Å². The Balaban J connectivity index is 1.90. The lowest BCUT2D eigenvalue weighted by atomic mass is 9.69. The van der Waals surface area contributed by atoms with E-state index >= 15 is 0 Å². The van der Waals surface area contributed by atoms with E-state index in [1.165, 1.54) is 12.1 Å². The summed E-state index contributed by atoms with van der Waals surface area (Å²) in [6.07, 6.45) is 1.55. The zero-order chi connectivity index (χ0) is 11.8. The molecule has 2 nitrogen and oxygen atoms in total. The molecule has 1 saturated heterocycles. The second kappa shape index (κ2) is 4.39. The van der Waals surface area contributed by atoms with Crippen LogP contribution in [0.2, 0.25) is 0 Å². The maximum atomic E-state index is 12.9. The van der Waals surface area contributed by atoms with Gasteiger partial charge >= 0.3 is 0 Å². The van der Waals surface area contributed by atoms with Crippen LogP contribution in [0.25, 0.3) is 0 Å². The average Bonchev–Trinajstić information content (AvgIpc) is 2.79. The predicted molar refractivity (Wildman–Crippen MR) is 62.2 cm³/mol. The van der Waals surface area contributed by atoms with Gasteiger partial charge in [-0.15, -0.1) is 0 Å². The van der Waals surface area contributed by atoms with E-state index in [9.17, 15) is 9.50 Å². The fraction of sp³-hybridized carbons (Fsp3) is 0.571. The number of rotatable bonds is 1. The molecule has 2 fully saturated rings. The maximum absolute atomic E-state index is 12.9. The van der Waals surface area contributed by atoms with Crippen molar-refractivity contribution in [2.24, 2.45) is 11.8 Å². The zero-order valence-electron chi connectivity index (χ0n) is 9.68. The maximum Gasteiger partial charge on any atom is 0.123 e. The van der Waals surface area contributed by atoms with Gasteiger partial charge in [0.05, 0.1) is 12.7 Å². The molecule has 1 N–H and O–H groups in total. The van der Waals surface area contributed by atoms with Gasteiger partial charge in [-0.3, -0.25) is 0 Å². The lowest BCUT2D eigenvalue weighted by molar-refractivity contribution is 0.0581. The molecule has 1 aromatic rings. The van der Waals surface area contributed by atoms with Crippen LogP contribution >= 0.6 is 0 Å². The molecule has 0 aromatic heterocycles. The Hall–Kier alpha value is -0.930. The van der Waals surface area contributed by atoms with Gasteiger partial charge in [-0.25, -0.2) is 4.39 Å². The van der Waals surface area contributed by atoms with Crippen LogP contribution in [-0.2, 0) is 4.74 Å². The van der Waals surface area contributed by atoms with Crippen LogP contribution in [0.15, 0.2) is 24.3 Å². The molecule has 1 aromatic carbocycles. The lowest BCUT2D eigenvalue weighted by Gasteiger charge is -2.36. The molecule has 1 saturated carbocycles. The summed E-state index contributed by atoms with van der Waals surface area (Å²) >= 11 is 0. The third-order valence-corrected chi connectivity index (χ3v) is 4.21. The van der Waals surface area contributed by atoms with Crippen molar-refractivity contribution in [3.8, 4) is 0 Å². The first-order chi connectivity index (χ1) is 8.25. The van der Waals surface area contributed by atoms with E-state index in [-0.39, 0.29) is 17.8 Å². The summed E-state index contributed by atoms with van der Waals surface area (Å²) in [5.74, 6) is 0.841. The molecule has 0 amide bonds. The molecule has 3 heteroatoms. The van der Waals surface area contributed by atoms with Gasteiger partial charge in [0.1, 0.15) is 5.82 Å². The average molecular weight is 236 g/mol. The lowest BCUT2D eigenvalue weighted by Crippen LogP contribution is -2.35. The van der Waals surface area contributed by atoms with E-state index in [1.54, 1.807) is 12.1 Å². The Labute approximate surface area is 100 Å². The molecule has 1 aliphatic carbocycles. The number of fused-ring (bicyclic) bond motifs is 1. The summed E-state index contributed by atoms with van der Waals surface area (Å²) < 4.78 is 18.5.